The molecule has 3 rings (SSSR count). The molecule has 0 aliphatic rings. The van der Waals surface area contributed by atoms with Crippen LogP contribution in [0.15, 0.2) is 42.5 Å². The van der Waals surface area contributed by atoms with Crippen LogP contribution in [0.5, 0.6) is 0 Å². The summed E-state index contributed by atoms with van der Waals surface area (Å²) >= 11 is 16.1. The van der Waals surface area contributed by atoms with Gasteiger partial charge < -0.3 is 0 Å². The van der Waals surface area contributed by atoms with Gasteiger partial charge in [-0.25, -0.2) is 9.97 Å². The Balaban J connectivity index is 2.37. The number of hydrogen-bond donors (Lipinski definition) is 0. The largest absolute Gasteiger partial charge is 0.248 e. The first kappa shape index (κ1) is 14.8. The van der Waals surface area contributed by atoms with Gasteiger partial charge in [0, 0.05) is 5.56 Å². The molecule has 0 saturated heterocycles. The van der Waals surface area contributed by atoms with Crippen LogP contribution in [0, 0.1) is 0 Å². The molecule has 5 heteroatoms. The molecule has 0 aliphatic carbocycles. The number of benzene rings is 2. The zero-order chi connectivity index (χ0) is 15.0. The lowest BCUT2D eigenvalue weighted by Crippen LogP contribution is -2.00. The van der Waals surface area contributed by atoms with Gasteiger partial charge in [-0.3, -0.25) is 0 Å². The molecule has 0 bridgehead atoms. The van der Waals surface area contributed by atoms with Crippen LogP contribution >= 0.6 is 39.1 Å². The van der Waals surface area contributed by atoms with E-state index < -0.39 is 0 Å². The summed E-state index contributed by atoms with van der Waals surface area (Å²) in [6, 6.07) is 13.2. The second-order valence-corrected chi connectivity index (χ2v) is 6.85. The number of para-hydroxylation sites is 1. The Hall–Kier alpha value is -1.16. The van der Waals surface area contributed by atoms with Crippen molar-refractivity contribution in [1.82, 2.24) is 9.97 Å². The molecule has 0 amide bonds. The molecule has 0 aliphatic heterocycles. The average Bonchev–Trinajstić information content (AvgIpc) is 2.47. The second-order valence-electron chi connectivity index (χ2n) is 4.66. The van der Waals surface area contributed by atoms with Crippen LogP contribution < -0.4 is 0 Å². The van der Waals surface area contributed by atoms with Gasteiger partial charge in [-0.05, 0) is 25.1 Å². The number of aromatic nitrogens is 2. The molecular weight excluding hydrogens is 371 g/mol. The van der Waals surface area contributed by atoms with Gasteiger partial charge in [0.1, 0.15) is 5.52 Å². The van der Waals surface area contributed by atoms with E-state index in [0.29, 0.717) is 15.6 Å². The number of fused-ring (bicyclic) bond motifs is 1. The summed E-state index contributed by atoms with van der Waals surface area (Å²) in [5.74, 6) is 0. The van der Waals surface area contributed by atoms with E-state index in [9.17, 15) is 0 Å². The van der Waals surface area contributed by atoms with Crippen molar-refractivity contribution in [3.8, 4) is 11.3 Å². The molecule has 0 radical (unpaired) electrons. The van der Waals surface area contributed by atoms with E-state index in [1.165, 1.54) is 0 Å². The lowest BCUT2D eigenvalue weighted by Gasteiger charge is -2.13. The van der Waals surface area contributed by atoms with Crippen LogP contribution in [0.1, 0.15) is 17.4 Å². The summed E-state index contributed by atoms with van der Waals surface area (Å²) in [5, 5.41) is 1.23. The first-order valence-electron chi connectivity index (χ1n) is 6.43. The van der Waals surface area contributed by atoms with Crippen molar-refractivity contribution in [3.05, 3.63) is 58.2 Å². The number of alkyl halides is 1. The Morgan fingerprint density at radius 2 is 1.67 bits per heavy atom. The van der Waals surface area contributed by atoms with Gasteiger partial charge in [0.2, 0.25) is 0 Å². The molecule has 3 aromatic rings. The first-order valence-corrected chi connectivity index (χ1v) is 8.10. The van der Waals surface area contributed by atoms with E-state index in [-0.39, 0.29) is 4.83 Å². The average molecular weight is 382 g/mol. The van der Waals surface area contributed by atoms with Crippen LogP contribution in [0.25, 0.3) is 22.3 Å². The first-order chi connectivity index (χ1) is 10.1. The molecule has 1 heterocycles. The van der Waals surface area contributed by atoms with Crippen molar-refractivity contribution in [2.75, 3.05) is 0 Å². The molecule has 2 aromatic carbocycles. The molecule has 0 N–H and O–H groups in total. The quantitative estimate of drug-likeness (QED) is 0.504. The molecule has 0 saturated carbocycles. The van der Waals surface area contributed by atoms with E-state index in [1.54, 1.807) is 0 Å². The molecule has 0 fully saturated rings. The van der Waals surface area contributed by atoms with Crippen LogP contribution in [-0.4, -0.2) is 9.97 Å². The molecule has 1 atom stereocenters. The van der Waals surface area contributed by atoms with Gasteiger partial charge in [0.05, 0.1) is 31.8 Å². The third kappa shape index (κ3) is 2.78. The smallest absolute Gasteiger partial charge is 0.108 e. The van der Waals surface area contributed by atoms with Gasteiger partial charge in [-0.15, -0.1) is 0 Å². The van der Waals surface area contributed by atoms with Crippen LogP contribution in [0.2, 0.25) is 10.0 Å². The summed E-state index contributed by atoms with van der Waals surface area (Å²) in [7, 11) is 0. The number of nitrogens with zero attached hydrogens (tertiary/aromatic N) is 2. The van der Waals surface area contributed by atoms with Gasteiger partial charge in [-0.1, -0.05) is 63.4 Å². The predicted molar refractivity (Wildman–Crippen MR) is 92.3 cm³/mol. The molecule has 21 heavy (non-hydrogen) atoms. The summed E-state index contributed by atoms with van der Waals surface area (Å²) in [4.78, 5) is 9.47. The monoisotopic (exact) mass is 380 g/mol. The van der Waals surface area contributed by atoms with Crippen molar-refractivity contribution >= 4 is 50.2 Å². The van der Waals surface area contributed by atoms with Gasteiger partial charge in [-0.2, -0.15) is 0 Å². The maximum absolute atomic E-state index is 6.31. The summed E-state index contributed by atoms with van der Waals surface area (Å²) in [5.41, 5.74) is 3.92. The third-order valence-electron chi connectivity index (χ3n) is 3.18. The van der Waals surface area contributed by atoms with Gasteiger partial charge in [0.15, 0.2) is 0 Å². The number of hydrogen-bond acceptors (Lipinski definition) is 2. The Morgan fingerprint density at radius 3 is 2.38 bits per heavy atom. The van der Waals surface area contributed by atoms with Crippen molar-refractivity contribution in [2.24, 2.45) is 0 Å². The molecule has 1 aromatic heterocycles. The summed E-state index contributed by atoms with van der Waals surface area (Å²) in [6.45, 7) is 2.01. The summed E-state index contributed by atoms with van der Waals surface area (Å²) in [6.07, 6.45) is 0. The zero-order valence-electron chi connectivity index (χ0n) is 11.1. The van der Waals surface area contributed by atoms with Crippen molar-refractivity contribution in [3.63, 3.8) is 0 Å². The Bertz CT molecular complexity index is 818. The van der Waals surface area contributed by atoms with Crippen LogP contribution in [-0.2, 0) is 0 Å². The highest BCUT2D eigenvalue weighted by Crippen LogP contribution is 2.35. The Kier molecular flexibility index (Phi) is 4.16. The van der Waals surface area contributed by atoms with Gasteiger partial charge >= 0.3 is 0 Å². The normalized spacial score (nSPS) is 12.6. The fourth-order valence-electron chi connectivity index (χ4n) is 2.19. The van der Waals surface area contributed by atoms with Crippen molar-refractivity contribution < 1.29 is 0 Å². The molecule has 1 unspecified atom stereocenters. The van der Waals surface area contributed by atoms with E-state index in [1.807, 2.05) is 49.4 Å². The van der Waals surface area contributed by atoms with E-state index in [0.717, 1.165) is 22.5 Å². The summed E-state index contributed by atoms with van der Waals surface area (Å²) < 4.78 is 0. The topological polar surface area (TPSA) is 25.8 Å². The fourth-order valence-corrected chi connectivity index (χ4v) is 2.94. The number of rotatable bonds is 2. The number of halogens is 3. The minimum atomic E-state index is 0.0552. The highest BCUT2D eigenvalue weighted by molar-refractivity contribution is 9.09. The molecule has 106 valence electrons. The fraction of sp³-hybridized carbons (Fsp3) is 0.125. The molecule has 2 nitrogen and oxygen atoms in total. The minimum absolute atomic E-state index is 0.0552. The lowest BCUT2D eigenvalue weighted by molar-refractivity contribution is 1.03. The highest BCUT2D eigenvalue weighted by Gasteiger charge is 2.17. The van der Waals surface area contributed by atoms with Crippen molar-refractivity contribution in [1.29, 1.82) is 0 Å². The van der Waals surface area contributed by atoms with Crippen LogP contribution in [0.4, 0.5) is 0 Å². The SMILES string of the molecule is CC(Br)c1nc2cccc(Cl)c2nc1-c1ccccc1Cl. The maximum atomic E-state index is 6.31. The zero-order valence-corrected chi connectivity index (χ0v) is 14.2. The van der Waals surface area contributed by atoms with E-state index in [2.05, 4.69) is 15.9 Å². The van der Waals surface area contributed by atoms with Gasteiger partial charge in [0.25, 0.3) is 0 Å². The second kappa shape index (κ2) is 5.91. The lowest BCUT2D eigenvalue weighted by atomic mass is 10.1. The standard InChI is InChI=1S/C16H11BrCl2N2/c1-9(17)14-15(10-5-2-3-6-11(10)18)21-16-12(19)7-4-8-13(16)20-14/h2-9H,1H3. The van der Waals surface area contributed by atoms with Crippen molar-refractivity contribution in [2.45, 2.75) is 11.8 Å². The Labute approximate surface area is 141 Å². The molecule has 0 spiro atoms. The predicted octanol–water partition coefficient (Wildman–Crippen LogP) is 6.06. The maximum Gasteiger partial charge on any atom is 0.108 e. The molecular formula is C16H11BrCl2N2. The van der Waals surface area contributed by atoms with E-state index in [4.69, 9.17) is 33.2 Å². The van der Waals surface area contributed by atoms with E-state index >= 15 is 0 Å². The third-order valence-corrected chi connectivity index (χ3v) is 4.25. The Morgan fingerprint density at radius 1 is 0.952 bits per heavy atom. The highest BCUT2D eigenvalue weighted by atomic mass is 79.9. The van der Waals surface area contributed by atoms with Crippen LogP contribution in [0.3, 0.4) is 0 Å². The minimum Gasteiger partial charge on any atom is -0.248 e.